The molecular weight excluding hydrogens is 296 g/mol. The van der Waals surface area contributed by atoms with Gasteiger partial charge in [-0.3, -0.25) is 4.79 Å². The van der Waals surface area contributed by atoms with Gasteiger partial charge in [-0.15, -0.1) is 0 Å². The number of carbonyl (C=O) groups is 1. The Hall–Kier alpha value is -1.79. The number of hydrogen-bond donors (Lipinski definition) is 3. The Balaban J connectivity index is 2.22. The van der Waals surface area contributed by atoms with E-state index in [9.17, 15) is 4.79 Å². The van der Waals surface area contributed by atoms with Gasteiger partial charge >= 0.3 is 0 Å². The van der Waals surface area contributed by atoms with Gasteiger partial charge in [-0.25, -0.2) is 0 Å². The number of nitrogens with zero attached hydrogens (tertiary/aromatic N) is 1. The van der Waals surface area contributed by atoms with Gasteiger partial charge < -0.3 is 16.4 Å². The SMILES string of the molecule is CNC(=O)c1c(N)nsc1NC(C)c1ccc(Cl)cc1. The van der Waals surface area contributed by atoms with Crippen molar-refractivity contribution in [3.63, 3.8) is 0 Å². The van der Waals surface area contributed by atoms with Crippen molar-refractivity contribution in [1.29, 1.82) is 0 Å². The lowest BCUT2D eigenvalue weighted by molar-refractivity contribution is 0.0965. The molecule has 0 saturated carbocycles. The number of anilines is 2. The maximum atomic E-state index is 11.8. The maximum Gasteiger partial charge on any atom is 0.257 e. The predicted octanol–water partition coefficient (Wildman–Crippen LogP) is 2.91. The molecule has 2 aromatic rings. The van der Waals surface area contributed by atoms with E-state index in [1.807, 2.05) is 31.2 Å². The normalized spacial score (nSPS) is 11.9. The largest absolute Gasteiger partial charge is 0.382 e. The molecule has 1 unspecified atom stereocenters. The van der Waals surface area contributed by atoms with Crippen LogP contribution < -0.4 is 16.4 Å². The molecule has 4 N–H and O–H groups in total. The van der Waals surface area contributed by atoms with Crippen molar-refractivity contribution in [1.82, 2.24) is 9.69 Å². The summed E-state index contributed by atoms with van der Waals surface area (Å²) < 4.78 is 4.02. The lowest BCUT2D eigenvalue weighted by atomic mass is 10.1. The van der Waals surface area contributed by atoms with Crippen LogP contribution in [-0.2, 0) is 0 Å². The van der Waals surface area contributed by atoms with Gasteiger partial charge in [0.2, 0.25) is 0 Å². The zero-order valence-corrected chi connectivity index (χ0v) is 12.7. The highest BCUT2D eigenvalue weighted by atomic mass is 35.5. The molecule has 0 saturated heterocycles. The molecule has 1 aromatic heterocycles. The fourth-order valence-electron chi connectivity index (χ4n) is 1.78. The Morgan fingerprint density at radius 2 is 2.05 bits per heavy atom. The summed E-state index contributed by atoms with van der Waals surface area (Å²) in [6.07, 6.45) is 0. The number of nitrogens with two attached hydrogens (primary N) is 1. The lowest BCUT2D eigenvalue weighted by Crippen LogP contribution is -2.20. The molecule has 0 aliphatic rings. The molecule has 1 heterocycles. The van der Waals surface area contributed by atoms with Crippen LogP contribution in [-0.4, -0.2) is 17.3 Å². The first-order valence-electron chi connectivity index (χ1n) is 6.02. The van der Waals surface area contributed by atoms with Gasteiger partial charge in [-0.1, -0.05) is 23.7 Å². The summed E-state index contributed by atoms with van der Waals surface area (Å²) in [6, 6.07) is 7.54. The average molecular weight is 311 g/mol. The van der Waals surface area contributed by atoms with Crippen LogP contribution in [0.25, 0.3) is 0 Å². The fourth-order valence-corrected chi connectivity index (χ4v) is 2.70. The van der Waals surface area contributed by atoms with Gasteiger partial charge in [0, 0.05) is 18.1 Å². The number of aromatic nitrogens is 1. The van der Waals surface area contributed by atoms with Crippen LogP contribution >= 0.6 is 23.1 Å². The summed E-state index contributed by atoms with van der Waals surface area (Å²) in [5.41, 5.74) is 7.18. The van der Waals surface area contributed by atoms with E-state index in [0.29, 0.717) is 15.6 Å². The number of nitrogens with one attached hydrogen (secondary N) is 2. The highest BCUT2D eigenvalue weighted by Gasteiger charge is 2.19. The van der Waals surface area contributed by atoms with E-state index >= 15 is 0 Å². The number of halogens is 1. The summed E-state index contributed by atoms with van der Waals surface area (Å²) in [6.45, 7) is 1.99. The van der Waals surface area contributed by atoms with Crippen molar-refractivity contribution in [3.8, 4) is 0 Å². The van der Waals surface area contributed by atoms with Gasteiger partial charge in [-0.05, 0) is 36.2 Å². The molecule has 0 bridgehead atoms. The van der Waals surface area contributed by atoms with Gasteiger partial charge in [0.1, 0.15) is 10.6 Å². The second-order valence-corrected chi connectivity index (χ2v) is 5.48. The van der Waals surface area contributed by atoms with Crippen LogP contribution in [0.1, 0.15) is 28.9 Å². The van der Waals surface area contributed by atoms with E-state index in [2.05, 4.69) is 15.0 Å². The van der Waals surface area contributed by atoms with E-state index in [-0.39, 0.29) is 17.8 Å². The monoisotopic (exact) mass is 310 g/mol. The molecule has 0 aliphatic carbocycles. The minimum Gasteiger partial charge on any atom is -0.382 e. The Kier molecular flexibility index (Phi) is 4.46. The van der Waals surface area contributed by atoms with Crippen LogP contribution in [0.4, 0.5) is 10.8 Å². The minimum absolute atomic E-state index is 0.00974. The number of carbonyl (C=O) groups excluding carboxylic acids is 1. The Morgan fingerprint density at radius 1 is 1.40 bits per heavy atom. The van der Waals surface area contributed by atoms with Gasteiger partial charge in [0.25, 0.3) is 5.91 Å². The summed E-state index contributed by atoms with van der Waals surface area (Å²) in [5.74, 6) is -0.0118. The standard InChI is InChI=1S/C13H15ClN4OS/c1-7(8-3-5-9(14)6-4-8)17-13-10(12(19)16-2)11(15)18-20-13/h3-7,17H,1-2H3,(H2,15,18)(H,16,19). The van der Waals surface area contributed by atoms with Crippen molar-refractivity contribution in [3.05, 3.63) is 40.4 Å². The Morgan fingerprint density at radius 3 is 2.65 bits per heavy atom. The number of amides is 1. The van der Waals surface area contributed by atoms with Crippen LogP contribution in [0.3, 0.4) is 0 Å². The number of nitrogen functional groups attached to an aromatic ring is 1. The minimum atomic E-state index is -0.248. The van der Waals surface area contributed by atoms with Crippen LogP contribution in [0.15, 0.2) is 24.3 Å². The second-order valence-electron chi connectivity index (χ2n) is 4.27. The average Bonchev–Trinajstić information content (AvgIpc) is 2.79. The molecule has 0 aliphatic heterocycles. The fraction of sp³-hybridized carbons (Fsp3) is 0.231. The number of hydrogen-bond acceptors (Lipinski definition) is 5. The number of rotatable bonds is 4. The van der Waals surface area contributed by atoms with Crippen LogP contribution in [0, 0.1) is 0 Å². The third-order valence-electron chi connectivity index (χ3n) is 2.89. The molecule has 2 rings (SSSR count). The van der Waals surface area contributed by atoms with Crippen molar-refractivity contribution in [2.75, 3.05) is 18.1 Å². The van der Waals surface area contributed by atoms with E-state index in [1.165, 1.54) is 11.5 Å². The van der Waals surface area contributed by atoms with Gasteiger partial charge in [-0.2, -0.15) is 4.37 Å². The van der Waals surface area contributed by atoms with Crippen LogP contribution in [0.5, 0.6) is 0 Å². The quantitative estimate of drug-likeness (QED) is 0.811. The molecule has 1 amide bonds. The van der Waals surface area contributed by atoms with Gasteiger partial charge in [0.05, 0.1) is 0 Å². The molecule has 1 aromatic carbocycles. The molecule has 20 heavy (non-hydrogen) atoms. The first kappa shape index (κ1) is 14.6. The van der Waals surface area contributed by atoms with E-state index < -0.39 is 0 Å². The molecule has 106 valence electrons. The molecule has 0 radical (unpaired) electrons. The van der Waals surface area contributed by atoms with Crippen molar-refractivity contribution < 1.29 is 4.79 Å². The topological polar surface area (TPSA) is 80.0 Å². The highest BCUT2D eigenvalue weighted by Crippen LogP contribution is 2.30. The zero-order chi connectivity index (χ0) is 14.7. The van der Waals surface area contributed by atoms with E-state index in [4.69, 9.17) is 17.3 Å². The third kappa shape index (κ3) is 3.02. The smallest absolute Gasteiger partial charge is 0.257 e. The molecule has 7 heteroatoms. The van der Waals surface area contributed by atoms with E-state index in [0.717, 1.165) is 5.56 Å². The maximum absolute atomic E-state index is 11.8. The summed E-state index contributed by atoms with van der Waals surface area (Å²) >= 11 is 7.04. The van der Waals surface area contributed by atoms with Crippen molar-refractivity contribution >= 4 is 39.9 Å². The first-order chi connectivity index (χ1) is 9.52. The molecule has 0 spiro atoms. The molecule has 0 fully saturated rings. The summed E-state index contributed by atoms with van der Waals surface area (Å²) in [5, 5.41) is 7.16. The Labute approximate surface area is 126 Å². The molecule has 5 nitrogen and oxygen atoms in total. The van der Waals surface area contributed by atoms with Crippen molar-refractivity contribution in [2.45, 2.75) is 13.0 Å². The predicted molar refractivity (Wildman–Crippen MR) is 83.4 cm³/mol. The summed E-state index contributed by atoms with van der Waals surface area (Å²) in [4.78, 5) is 11.8. The molecule has 1 atom stereocenters. The third-order valence-corrected chi connectivity index (χ3v) is 3.93. The Bertz CT molecular complexity index is 611. The number of benzene rings is 1. The van der Waals surface area contributed by atoms with Crippen molar-refractivity contribution in [2.24, 2.45) is 0 Å². The second kappa shape index (κ2) is 6.11. The first-order valence-corrected chi connectivity index (χ1v) is 7.17. The zero-order valence-electron chi connectivity index (χ0n) is 11.1. The van der Waals surface area contributed by atoms with E-state index in [1.54, 1.807) is 7.05 Å². The van der Waals surface area contributed by atoms with Crippen LogP contribution in [0.2, 0.25) is 5.02 Å². The molecular formula is C13H15ClN4OS. The van der Waals surface area contributed by atoms with Gasteiger partial charge in [0.15, 0.2) is 5.82 Å². The highest BCUT2D eigenvalue weighted by molar-refractivity contribution is 7.11. The summed E-state index contributed by atoms with van der Waals surface area (Å²) in [7, 11) is 1.56. The lowest BCUT2D eigenvalue weighted by Gasteiger charge is -2.15.